The molecule has 0 saturated carbocycles. The zero-order chi connectivity index (χ0) is 13.2. The number of hydrogen-bond acceptors (Lipinski definition) is 5. The van der Waals surface area contributed by atoms with Crippen LogP contribution >= 0.6 is 11.6 Å². The fraction of sp³-hybridized carbons (Fsp3) is 0.250. The number of fused-ring (bicyclic) bond motifs is 1. The molecule has 7 heteroatoms. The normalized spacial score (nSPS) is 11.3. The van der Waals surface area contributed by atoms with Crippen LogP contribution < -0.4 is 0 Å². The van der Waals surface area contributed by atoms with Gasteiger partial charge in [-0.1, -0.05) is 16.8 Å². The monoisotopic (exact) mass is 278 g/mol. The van der Waals surface area contributed by atoms with E-state index in [1.807, 2.05) is 6.20 Å². The molecule has 3 heterocycles. The minimum Gasteiger partial charge on any atom is -0.377 e. The maximum Gasteiger partial charge on any atom is 0.231 e. The van der Waals surface area contributed by atoms with Crippen molar-refractivity contribution in [2.24, 2.45) is 0 Å². The molecule has 0 aromatic carbocycles. The van der Waals surface area contributed by atoms with Crippen molar-refractivity contribution < 1.29 is 9.26 Å². The number of H-pyrrole nitrogens is 1. The zero-order valence-electron chi connectivity index (χ0n) is 10.2. The van der Waals surface area contributed by atoms with Crippen molar-refractivity contribution in [3.63, 3.8) is 0 Å². The number of ether oxygens (including phenoxy) is 1. The van der Waals surface area contributed by atoms with Crippen molar-refractivity contribution in [3.8, 4) is 0 Å². The fourth-order valence-corrected chi connectivity index (χ4v) is 2.20. The van der Waals surface area contributed by atoms with E-state index < -0.39 is 0 Å². The van der Waals surface area contributed by atoms with Crippen LogP contribution in [0.2, 0.25) is 5.02 Å². The minimum atomic E-state index is 0.333. The van der Waals surface area contributed by atoms with Crippen LogP contribution in [0.1, 0.15) is 17.3 Å². The molecule has 0 spiro atoms. The average Bonchev–Trinajstić information content (AvgIpc) is 2.99. The molecule has 0 atom stereocenters. The molecule has 19 heavy (non-hydrogen) atoms. The van der Waals surface area contributed by atoms with Crippen LogP contribution in [0.25, 0.3) is 11.0 Å². The van der Waals surface area contributed by atoms with E-state index in [1.165, 1.54) is 0 Å². The van der Waals surface area contributed by atoms with Gasteiger partial charge in [-0.25, -0.2) is 4.98 Å². The summed E-state index contributed by atoms with van der Waals surface area (Å²) in [6, 6.07) is 1.76. The third kappa shape index (κ3) is 2.32. The molecule has 0 saturated heterocycles. The number of halogens is 1. The Labute approximate surface area is 113 Å². The van der Waals surface area contributed by atoms with E-state index in [-0.39, 0.29) is 0 Å². The van der Waals surface area contributed by atoms with E-state index in [1.54, 1.807) is 19.4 Å². The molecule has 1 N–H and O–H groups in total. The van der Waals surface area contributed by atoms with Crippen LogP contribution in [0.4, 0.5) is 0 Å². The Kier molecular flexibility index (Phi) is 3.18. The molecule has 98 valence electrons. The summed E-state index contributed by atoms with van der Waals surface area (Å²) in [4.78, 5) is 11.5. The molecule has 0 fully saturated rings. The van der Waals surface area contributed by atoms with Crippen molar-refractivity contribution in [3.05, 3.63) is 40.8 Å². The van der Waals surface area contributed by atoms with Crippen LogP contribution in [-0.2, 0) is 17.8 Å². The van der Waals surface area contributed by atoms with E-state index in [0.29, 0.717) is 29.8 Å². The summed E-state index contributed by atoms with van der Waals surface area (Å²) >= 11 is 6.18. The highest BCUT2D eigenvalue weighted by Gasteiger charge is 2.13. The van der Waals surface area contributed by atoms with Gasteiger partial charge in [0.15, 0.2) is 5.82 Å². The number of rotatable bonds is 4. The van der Waals surface area contributed by atoms with Crippen LogP contribution in [0.15, 0.2) is 23.0 Å². The number of nitrogens with one attached hydrogen (secondary N) is 1. The predicted octanol–water partition coefficient (Wildman–Crippen LogP) is 2.34. The molecular formula is C12H11ClN4O2. The van der Waals surface area contributed by atoms with Crippen molar-refractivity contribution in [2.75, 3.05) is 7.11 Å². The molecule has 6 nitrogen and oxygen atoms in total. The van der Waals surface area contributed by atoms with Crippen LogP contribution in [0.3, 0.4) is 0 Å². The van der Waals surface area contributed by atoms with Gasteiger partial charge in [-0.2, -0.15) is 4.98 Å². The Hall–Kier alpha value is -1.92. The second-order valence-corrected chi connectivity index (χ2v) is 4.45. The quantitative estimate of drug-likeness (QED) is 0.792. The van der Waals surface area contributed by atoms with Crippen LogP contribution in [0.5, 0.6) is 0 Å². The smallest absolute Gasteiger partial charge is 0.231 e. The van der Waals surface area contributed by atoms with E-state index in [2.05, 4.69) is 20.1 Å². The SMILES string of the molecule is COCc1noc(Cc2c[nH]c3nccc(Cl)c23)n1. The molecule has 0 amide bonds. The predicted molar refractivity (Wildman–Crippen MR) is 68.9 cm³/mol. The molecule has 0 radical (unpaired) electrons. The van der Waals surface area contributed by atoms with Crippen molar-refractivity contribution in [2.45, 2.75) is 13.0 Å². The van der Waals surface area contributed by atoms with Crippen molar-refractivity contribution >= 4 is 22.6 Å². The summed E-state index contributed by atoms with van der Waals surface area (Å²) in [5, 5.41) is 5.35. The number of pyridine rings is 1. The second-order valence-electron chi connectivity index (χ2n) is 4.04. The Balaban J connectivity index is 1.92. The van der Waals surface area contributed by atoms with Gasteiger partial charge < -0.3 is 14.2 Å². The van der Waals surface area contributed by atoms with Crippen molar-refractivity contribution in [1.82, 2.24) is 20.1 Å². The van der Waals surface area contributed by atoms with Gasteiger partial charge in [0.25, 0.3) is 0 Å². The second kappa shape index (κ2) is 4.99. The standard InChI is InChI=1S/C12H11ClN4O2/c1-18-6-9-16-10(19-17-9)4-7-5-15-12-11(7)8(13)2-3-14-12/h2-3,5H,4,6H2,1H3,(H,14,15). The number of aromatic amines is 1. The Bertz CT molecular complexity index is 707. The lowest BCUT2D eigenvalue weighted by atomic mass is 10.1. The molecule has 3 rings (SSSR count). The first-order chi connectivity index (χ1) is 9.28. The largest absolute Gasteiger partial charge is 0.377 e. The fourth-order valence-electron chi connectivity index (χ4n) is 1.93. The van der Waals surface area contributed by atoms with Gasteiger partial charge in [0.1, 0.15) is 12.3 Å². The summed E-state index contributed by atoms with van der Waals surface area (Å²) < 4.78 is 10.1. The van der Waals surface area contributed by atoms with E-state index >= 15 is 0 Å². The van der Waals surface area contributed by atoms with Gasteiger partial charge >= 0.3 is 0 Å². The van der Waals surface area contributed by atoms with Gasteiger partial charge in [-0.3, -0.25) is 0 Å². The first-order valence-electron chi connectivity index (χ1n) is 5.69. The molecule has 0 bridgehead atoms. The maximum atomic E-state index is 6.18. The Morgan fingerprint density at radius 2 is 2.37 bits per heavy atom. The van der Waals surface area contributed by atoms with Gasteiger partial charge in [0.05, 0.1) is 11.4 Å². The van der Waals surface area contributed by atoms with Gasteiger partial charge in [0, 0.05) is 24.9 Å². The highest BCUT2D eigenvalue weighted by molar-refractivity contribution is 6.35. The van der Waals surface area contributed by atoms with E-state index in [9.17, 15) is 0 Å². The first-order valence-corrected chi connectivity index (χ1v) is 6.06. The van der Waals surface area contributed by atoms with Gasteiger partial charge in [-0.15, -0.1) is 0 Å². The molecule has 3 aromatic rings. The Morgan fingerprint density at radius 1 is 1.47 bits per heavy atom. The molecule has 0 aliphatic rings. The third-order valence-electron chi connectivity index (χ3n) is 2.73. The maximum absolute atomic E-state index is 6.18. The molecule has 0 aliphatic heterocycles. The average molecular weight is 279 g/mol. The van der Waals surface area contributed by atoms with Gasteiger partial charge in [-0.05, 0) is 11.6 Å². The topological polar surface area (TPSA) is 76.8 Å². The van der Waals surface area contributed by atoms with E-state index in [0.717, 1.165) is 16.6 Å². The number of aromatic nitrogens is 4. The summed E-state index contributed by atoms with van der Waals surface area (Å²) in [6.07, 6.45) is 4.01. The van der Waals surface area contributed by atoms with Crippen molar-refractivity contribution in [1.29, 1.82) is 0 Å². The van der Waals surface area contributed by atoms with Gasteiger partial charge in [0.2, 0.25) is 5.89 Å². The highest BCUT2D eigenvalue weighted by Crippen LogP contribution is 2.26. The first kappa shape index (κ1) is 12.1. The lowest BCUT2D eigenvalue weighted by Crippen LogP contribution is -1.91. The molecule has 0 unspecified atom stereocenters. The summed E-state index contributed by atoms with van der Waals surface area (Å²) in [7, 11) is 1.58. The third-order valence-corrected chi connectivity index (χ3v) is 3.04. The zero-order valence-corrected chi connectivity index (χ0v) is 10.9. The van der Waals surface area contributed by atoms with Crippen LogP contribution in [0, 0.1) is 0 Å². The molecule has 0 aliphatic carbocycles. The lowest BCUT2D eigenvalue weighted by molar-refractivity contribution is 0.174. The minimum absolute atomic E-state index is 0.333. The number of nitrogens with zero attached hydrogens (tertiary/aromatic N) is 3. The molecule has 3 aromatic heterocycles. The lowest BCUT2D eigenvalue weighted by Gasteiger charge is -1.96. The van der Waals surface area contributed by atoms with E-state index in [4.69, 9.17) is 20.9 Å². The molecular weight excluding hydrogens is 268 g/mol. The van der Waals surface area contributed by atoms with Crippen LogP contribution in [-0.4, -0.2) is 27.2 Å². The highest BCUT2D eigenvalue weighted by atomic mass is 35.5. The number of hydrogen-bond donors (Lipinski definition) is 1. The summed E-state index contributed by atoms with van der Waals surface area (Å²) in [5.41, 5.74) is 1.72. The Morgan fingerprint density at radius 3 is 3.21 bits per heavy atom. The number of methoxy groups -OCH3 is 1. The summed E-state index contributed by atoms with van der Waals surface area (Å²) in [5.74, 6) is 1.05. The summed E-state index contributed by atoms with van der Waals surface area (Å²) in [6.45, 7) is 0.333.